The number of anilines is 3. The van der Waals surface area contributed by atoms with Crippen molar-refractivity contribution in [2.75, 3.05) is 4.90 Å². The molecule has 2 heterocycles. The van der Waals surface area contributed by atoms with Crippen molar-refractivity contribution >= 4 is 70.5 Å². The summed E-state index contributed by atoms with van der Waals surface area (Å²) in [7, 11) is 0. The van der Waals surface area contributed by atoms with Gasteiger partial charge in [0.05, 0.1) is 22.4 Å². The fourth-order valence-corrected chi connectivity index (χ4v) is 10.6. The molecule has 0 atom stereocenters. The topological polar surface area (TPSA) is 16.4 Å². The van der Waals surface area contributed by atoms with Gasteiger partial charge in [0.1, 0.15) is 11.2 Å². The van der Waals surface area contributed by atoms with E-state index in [2.05, 4.69) is 241 Å². The van der Waals surface area contributed by atoms with Gasteiger partial charge in [0.15, 0.2) is 0 Å². The molecule has 2 aromatic heterocycles. The van der Waals surface area contributed by atoms with Crippen LogP contribution in [0.15, 0.2) is 241 Å². The van der Waals surface area contributed by atoms with Crippen molar-refractivity contribution in [3.05, 3.63) is 237 Å². The first-order valence-corrected chi connectivity index (χ1v) is 22.2. The quantitative estimate of drug-likeness (QED) is 0.152. The summed E-state index contributed by atoms with van der Waals surface area (Å²) in [6.07, 6.45) is 0. The van der Waals surface area contributed by atoms with Gasteiger partial charge in [-0.3, -0.25) is 0 Å². The third-order valence-electron chi connectivity index (χ3n) is 12.3. The third-order valence-corrected chi connectivity index (χ3v) is 13.5. The maximum atomic E-state index is 6.82. The first-order chi connectivity index (χ1) is 31.2. The minimum atomic E-state index is 0.847. The molecule has 0 N–H and O–H groups in total. The Balaban J connectivity index is 1.18. The Labute approximate surface area is 370 Å². The van der Waals surface area contributed by atoms with Crippen molar-refractivity contribution in [1.82, 2.24) is 0 Å². The molecule has 0 spiro atoms. The zero-order valence-corrected chi connectivity index (χ0v) is 35.1. The Hall–Kier alpha value is -7.98. The van der Waals surface area contributed by atoms with E-state index in [0.29, 0.717) is 0 Å². The molecule has 0 aliphatic rings. The van der Waals surface area contributed by atoms with Gasteiger partial charge in [0, 0.05) is 31.1 Å². The maximum Gasteiger partial charge on any atom is 0.137 e. The molecule has 0 amide bonds. The molecule has 0 unspecified atom stereocenters. The Morgan fingerprint density at radius 2 is 0.794 bits per heavy atom. The van der Waals surface area contributed by atoms with Crippen LogP contribution in [0.3, 0.4) is 0 Å². The molecule has 0 saturated carbocycles. The van der Waals surface area contributed by atoms with Crippen molar-refractivity contribution in [1.29, 1.82) is 0 Å². The number of hydrogen-bond donors (Lipinski definition) is 0. The smallest absolute Gasteiger partial charge is 0.137 e. The molecule has 0 saturated heterocycles. The van der Waals surface area contributed by atoms with E-state index in [9.17, 15) is 0 Å². The van der Waals surface area contributed by atoms with E-state index < -0.39 is 0 Å². The van der Waals surface area contributed by atoms with Crippen LogP contribution >= 0.6 is 11.3 Å². The van der Waals surface area contributed by atoms with Crippen molar-refractivity contribution < 1.29 is 4.42 Å². The van der Waals surface area contributed by atoms with E-state index in [1.807, 2.05) is 11.3 Å². The van der Waals surface area contributed by atoms with Crippen molar-refractivity contribution in [3.8, 4) is 55.6 Å². The second-order valence-corrected chi connectivity index (χ2v) is 17.1. The predicted octanol–water partition coefficient (Wildman–Crippen LogP) is 17.8. The molecule has 0 aliphatic heterocycles. The molecule has 0 radical (unpaired) electrons. The van der Waals surface area contributed by atoms with Crippen LogP contribution in [0.4, 0.5) is 17.1 Å². The summed E-state index contributed by atoms with van der Waals surface area (Å²) in [6, 6.07) is 85.3. The highest BCUT2D eigenvalue weighted by molar-refractivity contribution is 7.26. The highest BCUT2D eigenvalue weighted by atomic mass is 32.1. The van der Waals surface area contributed by atoms with Crippen LogP contribution < -0.4 is 4.90 Å². The van der Waals surface area contributed by atoms with Crippen LogP contribution in [-0.2, 0) is 0 Å². The summed E-state index contributed by atoms with van der Waals surface area (Å²) in [4.78, 5) is 2.51. The normalized spacial score (nSPS) is 11.5. The highest BCUT2D eigenvalue weighted by Gasteiger charge is 2.26. The summed E-state index contributed by atoms with van der Waals surface area (Å²) in [5.41, 5.74) is 16.7. The second kappa shape index (κ2) is 15.5. The summed E-state index contributed by atoms with van der Waals surface area (Å²) in [6.45, 7) is 0. The molecule has 12 rings (SSSR count). The predicted molar refractivity (Wildman–Crippen MR) is 268 cm³/mol. The Morgan fingerprint density at radius 3 is 1.41 bits per heavy atom. The SMILES string of the molecule is c1ccc(-c2ccc(N(c3cccc4oc5cc(-c6ccccc6)ccc5c34)c3ccc(-c4ccccc4)c4sc5cc(-c6ccccc6)ccc5c34)c(-c3ccccc3)c2)cc1. The molecule has 10 aromatic carbocycles. The fraction of sp³-hybridized carbons (Fsp3) is 0. The van der Waals surface area contributed by atoms with Gasteiger partial charge in [0.2, 0.25) is 0 Å². The van der Waals surface area contributed by atoms with Crippen LogP contribution in [0, 0.1) is 0 Å². The summed E-state index contributed by atoms with van der Waals surface area (Å²) in [5, 5.41) is 4.60. The molecular formula is C60H39NOS. The number of furan rings is 1. The average molecular weight is 822 g/mol. The second-order valence-electron chi connectivity index (χ2n) is 16.0. The number of benzene rings is 10. The summed E-state index contributed by atoms with van der Waals surface area (Å²) >= 11 is 1.88. The standard InChI is InChI=1S/C60H39NOS/c1-6-17-40(18-7-1)45-31-35-52(51(37-45)44-25-14-5-15-26-44)61(53-27-16-28-55-58(53)49-32-29-46(38-56(49)62-55)41-19-8-2-9-20-41)54-36-34-48(43-23-12-4-13-24-43)60-59(54)50-33-30-47(39-57(50)63-60)42-21-10-3-11-22-42/h1-39H. The van der Waals surface area contributed by atoms with Gasteiger partial charge in [-0.1, -0.05) is 188 Å². The van der Waals surface area contributed by atoms with E-state index in [1.165, 1.54) is 48.0 Å². The monoisotopic (exact) mass is 821 g/mol. The summed E-state index contributed by atoms with van der Waals surface area (Å²) < 4.78 is 9.32. The number of fused-ring (bicyclic) bond motifs is 6. The van der Waals surface area contributed by atoms with E-state index in [-0.39, 0.29) is 0 Å². The van der Waals surface area contributed by atoms with E-state index in [0.717, 1.165) is 66.8 Å². The van der Waals surface area contributed by atoms with Gasteiger partial charge in [-0.15, -0.1) is 11.3 Å². The van der Waals surface area contributed by atoms with E-state index in [1.54, 1.807) is 0 Å². The van der Waals surface area contributed by atoms with Gasteiger partial charge in [0.25, 0.3) is 0 Å². The van der Waals surface area contributed by atoms with Gasteiger partial charge in [-0.05, 0) is 98.6 Å². The first-order valence-electron chi connectivity index (χ1n) is 21.4. The van der Waals surface area contributed by atoms with Gasteiger partial charge in [-0.2, -0.15) is 0 Å². The molecule has 2 nitrogen and oxygen atoms in total. The van der Waals surface area contributed by atoms with Crippen LogP contribution in [0.5, 0.6) is 0 Å². The zero-order chi connectivity index (χ0) is 41.7. The average Bonchev–Trinajstić information content (AvgIpc) is 3.94. The van der Waals surface area contributed by atoms with E-state index >= 15 is 0 Å². The number of hydrogen-bond acceptors (Lipinski definition) is 3. The Kier molecular flexibility index (Phi) is 9.06. The van der Waals surface area contributed by atoms with Gasteiger partial charge in [-0.25, -0.2) is 0 Å². The Morgan fingerprint density at radius 1 is 0.302 bits per heavy atom. The zero-order valence-electron chi connectivity index (χ0n) is 34.3. The lowest BCUT2D eigenvalue weighted by Crippen LogP contribution is -2.12. The summed E-state index contributed by atoms with van der Waals surface area (Å²) in [5.74, 6) is 0. The molecule has 0 bridgehead atoms. The molecule has 3 heteroatoms. The van der Waals surface area contributed by atoms with Crippen molar-refractivity contribution in [3.63, 3.8) is 0 Å². The van der Waals surface area contributed by atoms with E-state index in [4.69, 9.17) is 4.42 Å². The van der Waals surface area contributed by atoms with Crippen LogP contribution in [-0.4, -0.2) is 0 Å². The highest BCUT2D eigenvalue weighted by Crippen LogP contribution is 2.53. The molecule has 0 fully saturated rings. The third kappa shape index (κ3) is 6.50. The van der Waals surface area contributed by atoms with Crippen molar-refractivity contribution in [2.45, 2.75) is 0 Å². The lowest BCUT2D eigenvalue weighted by molar-refractivity contribution is 0.669. The lowest BCUT2D eigenvalue weighted by atomic mass is 9.94. The number of rotatable bonds is 8. The first kappa shape index (κ1) is 36.8. The van der Waals surface area contributed by atoms with Crippen LogP contribution in [0.1, 0.15) is 0 Å². The number of thiophene rings is 1. The van der Waals surface area contributed by atoms with Crippen molar-refractivity contribution in [2.24, 2.45) is 0 Å². The minimum absolute atomic E-state index is 0.847. The molecule has 296 valence electrons. The molecule has 63 heavy (non-hydrogen) atoms. The molecular weight excluding hydrogens is 783 g/mol. The molecule has 12 aromatic rings. The largest absolute Gasteiger partial charge is 0.456 e. The van der Waals surface area contributed by atoms with Gasteiger partial charge >= 0.3 is 0 Å². The minimum Gasteiger partial charge on any atom is -0.456 e. The fourth-order valence-electron chi connectivity index (χ4n) is 9.29. The Bertz CT molecular complexity index is 3600. The molecule has 0 aliphatic carbocycles. The van der Waals surface area contributed by atoms with Gasteiger partial charge < -0.3 is 9.32 Å². The van der Waals surface area contributed by atoms with Crippen LogP contribution in [0.2, 0.25) is 0 Å². The number of nitrogens with zero attached hydrogens (tertiary/aromatic N) is 1. The van der Waals surface area contributed by atoms with Crippen LogP contribution in [0.25, 0.3) is 97.7 Å². The maximum absolute atomic E-state index is 6.82. The lowest BCUT2D eigenvalue weighted by Gasteiger charge is -2.30.